The number of aliphatic carboxylic acids is 1. The highest BCUT2D eigenvalue weighted by atomic mass is 35.5. The molecule has 15 heavy (non-hydrogen) atoms. The zero-order chi connectivity index (χ0) is 11.1. The molecule has 1 aliphatic heterocycles. The van der Waals surface area contributed by atoms with Gasteiger partial charge in [0.05, 0.1) is 12.0 Å². The lowest BCUT2D eigenvalue weighted by Crippen LogP contribution is -2.37. The van der Waals surface area contributed by atoms with E-state index < -0.39 is 11.4 Å². The highest BCUT2D eigenvalue weighted by Crippen LogP contribution is 2.42. The van der Waals surface area contributed by atoms with Crippen LogP contribution in [-0.4, -0.2) is 17.7 Å². The Balaban J connectivity index is 2.64. The molecule has 0 bridgehead atoms. The monoisotopic (exact) mass is 226 g/mol. The molecule has 2 rings (SSSR count). The molecule has 1 unspecified atom stereocenters. The van der Waals surface area contributed by atoms with Crippen molar-refractivity contribution >= 4 is 17.6 Å². The van der Waals surface area contributed by atoms with Gasteiger partial charge in [0.25, 0.3) is 0 Å². The van der Waals surface area contributed by atoms with E-state index in [4.69, 9.17) is 16.3 Å². The van der Waals surface area contributed by atoms with Gasteiger partial charge in [-0.1, -0.05) is 17.7 Å². The average molecular weight is 227 g/mol. The van der Waals surface area contributed by atoms with E-state index in [2.05, 4.69) is 0 Å². The summed E-state index contributed by atoms with van der Waals surface area (Å²) in [4.78, 5) is 11.3. The van der Waals surface area contributed by atoms with Gasteiger partial charge in [-0.2, -0.15) is 0 Å². The Hall–Kier alpha value is -1.22. The molecule has 1 heterocycles. The Bertz CT molecular complexity index is 416. The lowest BCUT2D eigenvalue weighted by molar-refractivity contribution is -0.144. The fourth-order valence-corrected chi connectivity index (χ4v) is 2.24. The summed E-state index contributed by atoms with van der Waals surface area (Å²) in [6, 6.07) is 5.20. The summed E-state index contributed by atoms with van der Waals surface area (Å²) < 4.78 is 5.40. The number of halogens is 1. The van der Waals surface area contributed by atoms with Gasteiger partial charge in [0, 0.05) is 17.0 Å². The molecule has 0 saturated heterocycles. The molecule has 0 amide bonds. The quantitative estimate of drug-likeness (QED) is 0.800. The third kappa shape index (κ3) is 1.47. The molecular formula is C11H11ClO3. The van der Waals surface area contributed by atoms with Gasteiger partial charge in [0.15, 0.2) is 0 Å². The zero-order valence-corrected chi connectivity index (χ0v) is 9.04. The topological polar surface area (TPSA) is 46.5 Å². The lowest BCUT2D eigenvalue weighted by Gasteiger charge is -2.32. The number of rotatable bonds is 1. The first kappa shape index (κ1) is 10.3. The molecule has 1 aromatic carbocycles. The maximum atomic E-state index is 11.3. The van der Waals surface area contributed by atoms with Crippen LogP contribution < -0.4 is 4.74 Å². The minimum absolute atomic E-state index is 0.413. The van der Waals surface area contributed by atoms with Gasteiger partial charge < -0.3 is 9.84 Å². The smallest absolute Gasteiger partial charge is 0.314 e. The molecule has 1 aliphatic rings. The zero-order valence-electron chi connectivity index (χ0n) is 8.29. The van der Waals surface area contributed by atoms with Crippen LogP contribution in [0.1, 0.15) is 18.9 Å². The molecule has 4 heteroatoms. The molecule has 0 fully saturated rings. The predicted octanol–water partition coefficient (Wildman–Crippen LogP) is 2.46. The second kappa shape index (κ2) is 3.42. The number of hydrogen-bond donors (Lipinski definition) is 1. The molecule has 0 spiro atoms. The van der Waals surface area contributed by atoms with Crippen LogP contribution in [0.5, 0.6) is 5.75 Å². The summed E-state index contributed by atoms with van der Waals surface area (Å²) in [6.07, 6.45) is 0.444. The van der Waals surface area contributed by atoms with Gasteiger partial charge in [-0.15, -0.1) is 0 Å². The fourth-order valence-electron chi connectivity index (χ4n) is 1.86. The number of hydrogen-bond acceptors (Lipinski definition) is 2. The van der Waals surface area contributed by atoms with Gasteiger partial charge in [0.2, 0.25) is 0 Å². The van der Waals surface area contributed by atoms with Crippen molar-refractivity contribution in [2.75, 3.05) is 6.61 Å². The second-order valence-corrected chi connectivity index (χ2v) is 4.26. The number of ether oxygens (including phenoxy) is 1. The maximum Gasteiger partial charge on any atom is 0.314 e. The summed E-state index contributed by atoms with van der Waals surface area (Å²) in [7, 11) is 0. The minimum atomic E-state index is -0.939. The molecule has 80 valence electrons. The van der Waals surface area contributed by atoms with Crippen LogP contribution in [0.25, 0.3) is 0 Å². The van der Waals surface area contributed by atoms with Crippen molar-refractivity contribution in [2.45, 2.75) is 18.8 Å². The first-order chi connectivity index (χ1) is 7.05. The average Bonchev–Trinajstić information content (AvgIpc) is 2.17. The molecule has 0 aliphatic carbocycles. The van der Waals surface area contributed by atoms with Crippen molar-refractivity contribution in [2.24, 2.45) is 0 Å². The molecule has 1 N–H and O–H groups in total. The highest BCUT2D eigenvalue weighted by molar-refractivity contribution is 6.32. The van der Waals surface area contributed by atoms with Crippen molar-refractivity contribution in [1.29, 1.82) is 0 Å². The third-order valence-electron chi connectivity index (χ3n) is 2.86. The van der Waals surface area contributed by atoms with Crippen molar-refractivity contribution in [1.82, 2.24) is 0 Å². The van der Waals surface area contributed by atoms with E-state index in [1.165, 1.54) is 0 Å². The van der Waals surface area contributed by atoms with Gasteiger partial charge in [0.1, 0.15) is 5.75 Å². The first-order valence-corrected chi connectivity index (χ1v) is 5.09. The molecule has 1 aromatic rings. The normalized spacial score (nSPS) is 24.1. The second-order valence-electron chi connectivity index (χ2n) is 3.85. The highest BCUT2D eigenvalue weighted by Gasteiger charge is 2.41. The van der Waals surface area contributed by atoms with Gasteiger partial charge in [-0.3, -0.25) is 4.79 Å². The van der Waals surface area contributed by atoms with Crippen LogP contribution in [0.2, 0.25) is 5.02 Å². The molecule has 3 nitrogen and oxygen atoms in total. The Labute approximate surface area is 92.6 Å². The van der Waals surface area contributed by atoms with E-state index in [1.807, 2.05) is 0 Å². The Kier molecular flexibility index (Phi) is 2.35. The SMILES string of the molecule is CC1(C(=O)O)CCOc2cccc(Cl)c21. The number of carboxylic acid groups (broad SMARTS) is 1. The van der Waals surface area contributed by atoms with E-state index in [1.54, 1.807) is 25.1 Å². The molecular weight excluding hydrogens is 216 g/mol. The van der Waals surface area contributed by atoms with Crippen molar-refractivity contribution in [3.05, 3.63) is 28.8 Å². The third-order valence-corrected chi connectivity index (χ3v) is 3.17. The van der Waals surface area contributed by atoms with Crippen LogP contribution in [0.3, 0.4) is 0 Å². The number of benzene rings is 1. The van der Waals surface area contributed by atoms with Crippen LogP contribution in [-0.2, 0) is 10.2 Å². The standard InChI is InChI=1S/C11H11ClO3/c1-11(10(13)14)5-6-15-8-4-2-3-7(12)9(8)11/h2-4H,5-6H2,1H3,(H,13,14). The molecule has 1 atom stereocenters. The van der Waals surface area contributed by atoms with Crippen molar-refractivity contribution in [3.63, 3.8) is 0 Å². The van der Waals surface area contributed by atoms with Crippen LogP contribution in [0.4, 0.5) is 0 Å². The predicted molar refractivity (Wildman–Crippen MR) is 56.6 cm³/mol. The summed E-state index contributed by atoms with van der Waals surface area (Å²) in [5, 5.41) is 9.71. The molecule has 0 saturated carbocycles. The van der Waals surface area contributed by atoms with Crippen LogP contribution >= 0.6 is 11.6 Å². The summed E-state index contributed by atoms with van der Waals surface area (Å²) in [5.74, 6) is -0.279. The molecule has 0 radical (unpaired) electrons. The van der Waals surface area contributed by atoms with Gasteiger partial charge in [-0.05, 0) is 19.1 Å². The fraction of sp³-hybridized carbons (Fsp3) is 0.364. The number of carbonyl (C=O) groups is 1. The minimum Gasteiger partial charge on any atom is -0.493 e. The summed E-state index contributed by atoms with van der Waals surface area (Å²) in [5.41, 5.74) is -0.350. The van der Waals surface area contributed by atoms with Crippen molar-refractivity contribution < 1.29 is 14.6 Å². The molecule has 0 aromatic heterocycles. The van der Waals surface area contributed by atoms with E-state index in [-0.39, 0.29) is 0 Å². The Morgan fingerprint density at radius 2 is 2.33 bits per heavy atom. The number of carboxylic acids is 1. The Morgan fingerprint density at radius 1 is 1.60 bits per heavy atom. The first-order valence-electron chi connectivity index (χ1n) is 4.71. The Morgan fingerprint density at radius 3 is 3.00 bits per heavy atom. The van der Waals surface area contributed by atoms with E-state index in [9.17, 15) is 9.90 Å². The lowest BCUT2D eigenvalue weighted by atomic mass is 9.78. The van der Waals surface area contributed by atoms with Gasteiger partial charge in [-0.25, -0.2) is 0 Å². The van der Waals surface area contributed by atoms with E-state index in [0.717, 1.165) is 0 Å². The van der Waals surface area contributed by atoms with Crippen LogP contribution in [0.15, 0.2) is 18.2 Å². The largest absolute Gasteiger partial charge is 0.493 e. The van der Waals surface area contributed by atoms with Crippen LogP contribution in [0, 0.1) is 0 Å². The van der Waals surface area contributed by atoms with Gasteiger partial charge >= 0.3 is 5.97 Å². The number of fused-ring (bicyclic) bond motifs is 1. The summed E-state index contributed by atoms with van der Waals surface area (Å²) >= 11 is 6.03. The van der Waals surface area contributed by atoms with E-state index >= 15 is 0 Å². The summed E-state index contributed by atoms with van der Waals surface area (Å²) in [6.45, 7) is 2.10. The van der Waals surface area contributed by atoms with E-state index in [0.29, 0.717) is 29.4 Å². The van der Waals surface area contributed by atoms with Crippen molar-refractivity contribution in [3.8, 4) is 5.75 Å². The maximum absolute atomic E-state index is 11.3.